The van der Waals surface area contributed by atoms with Crippen LogP contribution in [0.3, 0.4) is 0 Å². The molecule has 3 heteroatoms. The normalized spacial score (nSPS) is 23.9. The molecule has 0 aliphatic carbocycles. The number of likely N-dealkylation sites (tertiary alicyclic amines) is 1. The lowest BCUT2D eigenvalue weighted by atomic mass is 9.80. The molecule has 2 aliphatic rings. The summed E-state index contributed by atoms with van der Waals surface area (Å²) in [5, 5.41) is 0. The zero-order chi connectivity index (χ0) is 15.0. The molecular weight excluding hydrogens is 260 g/mol. The first-order valence-electron chi connectivity index (χ1n) is 8.19. The number of rotatable bonds is 3. The molecule has 3 rings (SSSR count). The number of hydrogen-bond donors (Lipinski definition) is 1. The summed E-state index contributed by atoms with van der Waals surface area (Å²) in [6.07, 6.45) is 2.32. The number of nitrogens with zero attached hydrogens (tertiary/aromatic N) is 1. The van der Waals surface area contributed by atoms with E-state index in [0.29, 0.717) is 18.0 Å². The van der Waals surface area contributed by atoms with Crippen LogP contribution in [-0.4, -0.2) is 31.1 Å². The Balaban J connectivity index is 1.77. The predicted octanol–water partition coefficient (Wildman–Crippen LogP) is 2.99. The molecule has 1 aromatic rings. The van der Waals surface area contributed by atoms with Crippen LogP contribution in [0.1, 0.15) is 44.4 Å². The standard InChI is InChI=1S/C18H28N2O/c1-18(2,3)15-6-8-20(12-15)16(11-19)13-4-5-17-14(10-13)7-9-21-17/h4-5,10,15-16H,6-9,11-12,19H2,1-3H3. The molecule has 0 aromatic heterocycles. The summed E-state index contributed by atoms with van der Waals surface area (Å²) >= 11 is 0. The van der Waals surface area contributed by atoms with Gasteiger partial charge >= 0.3 is 0 Å². The van der Waals surface area contributed by atoms with E-state index >= 15 is 0 Å². The first-order chi connectivity index (χ1) is 9.99. The summed E-state index contributed by atoms with van der Waals surface area (Å²) in [5.41, 5.74) is 9.20. The third kappa shape index (κ3) is 2.95. The minimum atomic E-state index is 0.350. The molecule has 2 aliphatic heterocycles. The second-order valence-electron chi connectivity index (χ2n) is 7.56. The highest BCUT2D eigenvalue weighted by atomic mass is 16.5. The van der Waals surface area contributed by atoms with Gasteiger partial charge in [-0.25, -0.2) is 0 Å². The Morgan fingerprint density at radius 3 is 2.86 bits per heavy atom. The Morgan fingerprint density at radius 1 is 1.38 bits per heavy atom. The first kappa shape index (κ1) is 14.9. The molecule has 116 valence electrons. The van der Waals surface area contributed by atoms with Crippen LogP contribution in [-0.2, 0) is 6.42 Å². The van der Waals surface area contributed by atoms with Gasteiger partial charge in [0.05, 0.1) is 6.61 Å². The van der Waals surface area contributed by atoms with E-state index in [-0.39, 0.29) is 0 Å². The van der Waals surface area contributed by atoms with Crippen molar-refractivity contribution in [3.8, 4) is 5.75 Å². The van der Waals surface area contributed by atoms with Crippen molar-refractivity contribution in [1.29, 1.82) is 0 Å². The number of fused-ring (bicyclic) bond motifs is 1. The third-order valence-corrected chi connectivity index (χ3v) is 5.21. The zero-order valence-electron chi connectivity index (χ0n) is 13.6. The van der Waals surface area contributed by atoms with Gasteiger partial charge in [0.2, 0.25) is 0 Å². The van der Waals surface area contributed by atoms with Crippen molar-refractivity contribution in [3.63, 3.8) is 0 Å². The predicted molar refractivity (Wildman–Crippen MR) is 86.6 cm³/mol. The van der Waals surface area contributed by atoms with Gasteiger partial charge in [-0.15, -0.1) is 0 Å². The Morgan fingerprint density at radius 2 is 2.19 bits per heavy atom. The Kier molecular flexibility index (Phi) is 3.98. The van der Waals surface area contributed by atoms with Gasteiger partial charge in [-0.2, -0.15) is 0 Å². The lowest BCUT2D eigenvalue weighted by Crippen LogP contribution is -2.33. The van der Waals surface area contributed by atoms with Crippen molar-refractivity contribution in [2.75, 3.05) is 26.2 Å². The fourth-order valence-corrected chi connectivity index (χ4v) is 3.69. The molecule has 0 bridgehead atoms. The molecule has 3 nitrogen and oxygen atoms in total. The monoisotopic (exact) mass is 288 g/mol. The number of hydrogen-bond acceptors (Lipinski definition) is 3. The maximum Gasteiger partial charge on any atom is 0.122 e. The van der Waals surface area contributed by atoms with Crippen LogP contribution in [0.4, 0.5) is 0 Å². The SMILES string of the molecule is CC(C)(C)C1CCN(C(CN)c2ccc3c(c2)CCO3)C1. The van der Waals surface area contributed by atoms with E-state index in [1.54, 1.807) is 0 Å². The van der Waals surface area contributed by atoms with Crippen LogP contribution >= 0.6 is 0 Å². The van der Waals surface area contributed by atoms with Gasteiger partial charge in [0.15, 0.2) is 0 Å². The van der Waals surface area contributed by atoms with E-state index in [1.165, 1.54) is 24.1 Å². The average Bonchev–Trinajstić information content (AvgIpc) is 3.06. The second-order valence-corrected chi connectivity index (χ2v) is 7.56. The summed E-state index contributed by atoms with van der Waals surface area (Å²) in [5.74, 6) is 1.83. The lowest BCUT2D eigenvalue weighted by Gasteiger charge is -2.30. The van der Waals surface area contributed by atoms with Crippen LogP contribution in [0.2, 0.25) is 0 Å². The maximum atomic E-state index is 6.11. The Hall–Kier alpha value is -1.06. The fourth-order valence-electron chi connectivity index (χ4n) is 3.69. The van der Waals surface area contributed by atoms with E-state index in [4.69, 9.17) is 10.5 Å². The lowest BCUT2D eigenvalue weighted by molar-refractivity contribution is 0.197. The van der Waals surface area contributed by atoms with Crippen molar-refractivity contribution in [2.24, 2.45) is 17.1 Å². The van der Waals surface area contributed by atoms with Crippen molar-refractivity contribution >= 4 is 0 Å². The quantitative estimate of drug-likeness (QED) is 0.929. The number of ether oxygens (including phenoxy) is 1. The summed E-state index contributed by atoms with van der Waals surface area (Å²) in [6.45, 7) is 10.9. The minimum absolute atomic E-state index is 0.350. The van der Waals surface area contributed by atoms with Gasteiger partial charge < -0.3 is 10.5 Å². The molecule has 0 spiro atoms. The van der Waals surface area contributed by atoms with E-state index in [0.717, 1.165) is 31.2 Å². The smallest absolute Gasteiger partial charge is 0.122 e. The minimum Gasteiger partial charge on any atom is -0.493 e. The van der Waals surface area contributed by atoms with Gasteiger partial charge in [-0.3, -0.25) is 4.90 Å². The van der Waals surface area contributed by atoms with Crippen molar-refractivity contribution < 1.29 is 4.74 Å². The largest absolute Gasteiger partial charge is 0.493 e. The second kappa shape index (κ2) is 5.62. The van der Waals surface area contributed by atoms with Crippen molar-refractivity contribution in [2.45, 2.75) is 39.7 Å². The molecule has 21 heavy (non-hydrogen) atoms. The van der Waals surface area contributed by atoms with Crippen molar-refractivity contribution in [1.82, 2.24) is 4.90 Å². The Labute approximate surface area is 128 Å². The van der Waals surface area contributed by atoms with Gasteiger partial charge in [-0.05, 0) is 41.5 Å². The van der Waals surface area contributed by atoms with Crippen LogP contribution < -0.4 is 10.5 Å². The van der Waals surface area contributed by atoms with Crippen LogP contribution in [0.5, 0.6) is 5.75 Å². The number of nitrogens with two attached hydrogens (primary N) is 1. The molecule has 0 amide bonds. The van der Waals surface area contributed by atoms with E-state index in [2.05, 4.69) is 43.9 Å². The molecule has 0 saturated carbocycles. The van der Waals surface area contributed by atoms with Crippen LogP contribution in [0, 0.1) is 11.3 Å². The molecule has 1 fully saturated rings. The average molecular weight is 288 g/mol. The third-order valence-electron chi connectivity index (χ3n) is 5.21. The van der Waals surface area contributed by atoms with Crippen LogP contribution in [0.25, 0.3) is 0 Å². The fraction of sp³-hybridized carbons (Fsp3) is 0.667. The van der Waals surface area contributed by atoms with Crippen LogP contribution in [0.15, 0.2) is 18.2 Å². The molecule has 2 heterocycles. The van der Waals surface area contributed by atoms with E-state index in [1.807, 2.05) is 0 Å². The molecule has 0 radical (unpaired) electrons. The molecule has 1 aromatic carbocycles. The van der Waals surface area contributed by atoms with Gasteiger partial charge in [-0.1, -0.05) is 32.9 Å². The zero-order valence-corrected chi connectivity index (χ0v) is 13.6. The van der Waals surface area contributed by atoms with Crippen molar-refractivity contribution in [3.05, 3.63) is 29.3 Å². The number of benzene rings is 1. The highest BCUT2D eigenvalue weighted by molar-refractivity contribution is 5.41. The topological polar surface area (TPSA) is 38.5 Å². The highest BCUT2D eigenvalue weighted by Crippen LogP contribution is 2.37. The van der Waals surface area contributed by atoms with Gasteiger partial charge in [0.1, 0.15) is 5.75 Å². The summed E-state index contributed by atoms with van der Waals surface area (Å²) in [7, 11) is 0. The molecule has 2 atom stereocenters. The summed E-state index contributed by atoms with van der Waals surface area (Å²) in [4.78, 5) is 2.58. The summed E-state index contributed by atoms with van der Waals surface area (Å²) < 4.78 is 5.61. The van der Waals surface area contributed by atoms with Gasteiger partial charge in [0, 0.05) is 25.6 Å². The van der Waals surface area contributed by atoms with Gasteiger partial charge in [0.25, 0.3) is 0 Å². The molecular formula is C18H28N2O. The Bertz CT molecular complexity index is 506. The molecule has 1 saturated heterocycles. The maximum absolute atomic E-state index is 6.11. The highest BCUT2D eigenvalue weighted by Gasteiger charge is 2.35. The summed E-state index contributed by atoms with van der Waals surface area (Å²) in [6, 6.07) is 6.98. The molecule has 2 unspecified atom stereocenters. The molecule has 2 N–H and O–H groups in total. The van der Waals surface area contributed by atoms with E-state index in [9.17, 15) is 0 Å². The first-order valence-corrected chi connectivity index (χ1v) is 8.19. The van der Waals surface area contributed by atoms with E-state index < -0.39 is 0 Å².